The van der Waals surface area contributed by atoms with Crippen LogP contribution in [0, 0.1) is 6.85 Å². The maximum absolute atomic E-state index is 8.69. The Bertz CT molecular complexity index is 3760. The van der Waals surface area contributed by atoms with Gasteiger partial charge in [-0.25, -0.2) is 4.98 Å². The van der Waals surface area contributed by atoms with E-state index in [9.17, 15) is 0 Å². The van der Waals surface area contributed by atoms with E-state index in [0.717, 1.165) is 66.8 Å². The van der Waals surface area contributed by atoms with Gasteiger partial charge in [-0.15, -0.1) is 0 Å². The second-order valence-corrected chi connectivity index (χ2v) is 22.4. The minimum atomic E-state index is -2.39. The summed E-state index contributed by atoms with van der Waals surface area (Å²) in [5.41, 5.74) is 15.9. The lowest BCUT2D eigenvalue weighted by molar-refractivity contribution is 0.479. The number of rotatable bonds is 8. The van der Waals surface area contributed by atoms with Crippen molar-refractivity contribution in [1.82, 2.24) is 9.55 Å². The average molecular weight is 944 g/mol. The predicted molar refractivity (Wildman–Crippen MR) is 304 cm³/mol. The van der Waals surface area contributed by atoms with E-state index in [1.54, 1.807) is 12.3 Å². The highest BCUT2D eigenvalue weighted by atomic mass is 16.5. The monoisotopic (exact) mass is 944 g/mol. The van der Waals surface area contributed by atoms with E-state index in [2.05, 4.69) is 222 Å². The zero-order valence-corrected chi connectivity index (χ0v) is 42.9. The third-order valence-electron chi connectivity index (χ3n) is 14.3. The lowest BCUT2D eigenvalue weighted by Gasteiger charge is -2.28. The molecule has 0 spiro atoms. The number of benzene rings is 8. The van der Waals surface area contributed by atoms with E-state index in [1.807, 2.05) is 36.4 Å². The molecule has 0 saturated carbocycles. The molecule has 10 aromatic rings. The third kappa shape index (κ3) is 8.61. The van der Waals surface area contributed by atoms with Gasteiger partial charge in [0.1, 0.15) is 24.0 Å². The molecule has 72 heavy (non-hydrogen) atoms. The van der Waals surface area contributed by atoms with Crippen LogP contribution in [0.25, 0.3) is 61.0 Å². The van der Waals surface area contributed by atoms with E-state index in [1.165, 1.54) is 22.3 Å². The van der Waals surface area contributed by atoms with E-state index < -0.39 is 6.85 Å². The highest BCUT2D eigenvalue weighted by molar-refractivity contribution is 6.10. The lowest BCUT2D eigenvalue weighted by Crippen LogP contribution is -2.25. The summed E-state index contributed by atoms with van der Waals surface area (Å²) in [6, 6.07) is 66.0. The smallest absolute Gasteiger partial charge is 0.137 e. The summed E-state index contributed by atoms with van der Waals surface area (Å²) in [6.07, 6.45) is 1.70. The molecule has 3 heterocycles. The van der Waals surface area contributed by atoms with Crippen LogP contribution in [0.3, 0.4) is 0 Å². The van der Waals surface area contributed by atoms with E-state index in [0.29, 0.717) is 29.5 Å². The fraction of sp³-hybridized carbons (Fsp3) is 0.209. The number of fused-ring (bicyclic) bond motifs is 4. The van der Waals surface area contributed by atoms with Gasteiger partial charge >= 0.3 is 0 Å². The molecule has 0 unspecified atom stereocenters. The van der Waals surface area contributed by atoms with Crippen LogP contribution in [-0.2, 0) is 16.2 Å². The molecule has 0 fully saturated rings. The van der Waals surface area contributed by atoms with Crippen LogP contribution in [0.15, 0.2) is 194 Å². The number of aromatic nitrogens is 2. The van der Waals surface area contributed by atoms with Gasteiger partial charge in [0.25, 0.3) is 0 Å². The molecule has 0 atom stereocenters. The van der Waals surface area contributed by atoms with Gasteiger partial charge in [-0.2, -0.15) is 0 Å². The van der Waals surface area contributed by atoms with Crippen molar-refractivity contribution < 1.29 is 8.85 Å². The van der Waals surface area contributed by atoms with Crippen LogP contribution < -0.4 is 14.5 Å². The van der Waals surface area contributed by atoms with E-state index in [4.69, 9.17) is 13.8 Å². The predicted octanol–water partition coefficient (Wildman–Crippen LogP) is 18.4. The normalized spacial score (nSPS) is 13.8. The highest BCUT2D eigenvalue weighted by Gasteiger charge is 2.33. The Kier molecular flexibility index (Phi) is 10.6. The molecule has 0 aliphatic carbocycles. The molecule has 0 radical (unpaired) electrons. The summed E-state index contributed by atoms with van der Waals surface area (Å²) in [5.74, 6) is 1.89. The van der Waals surface area contributed by atoms with Crippen LogP contribution in [0.4, 0.5) is 22.7 Å². The van der Waals surface area contributed by atoms with Crippen LogP contribution in [-0.4, -0.2) is 16.2 Å². The minimum Gasteiger partial charge on any atom is -0.457 e. The summed E-state index contributed by atoms with van der Waals surface area (Å²) < 4.78 is 35.2. The second kappa shape index (κ2) is 17.8. The van der Waals surface area contributed by atoms with Gasteiger partial charge in [-0.1, -0.05) is 184 Å². The molecule has 0 amide bonds. The van der Waals surface area contributed by atoms with Gasteiger partial charge in [-0.05, 0) is 117 Å². The maximum Gasteiger partial charge on any atom is 0.137 e. The Morgan fingerprint density at radius 3 is 1.69 bits per heavy atom. The number of para-hydroxylation sites is 3. The van der Waals surface area contributed by atoms with Crippen LogP contribution in [0.5, 0.6) is 11.5 Å². The largest absolute Gasteiger partial charge is 0.457 e. The number of anilines is 4. The first kappa shape index (κ1) is 42.9. The number of pyridine rings is 1. The van der Waals surface area contributed by atoms with Crippen LogP contribution >= 0.6 is 0 Å². The molecule has 8 aromatic carbocycles. The number of hydrogen-bond acceptors (Lipinski definition) is 4. The maximum atomic E-state index is 8.69. The number of ether oxygens (including phenoxy) is 1. The van der Waals surface area contributed by atoms with E-state index >= 15 is 0 Å². The highest BCUT2D eigenvalue weighted by Crippen LogP contribution is 2.51. The zero-order valence-electron chi connectivity index (χ0n) is 45.9. The van der Waals surface area contributed by atoms with Crippen molar-refractivity contribution >= 4 is 44.6 Å². The molecule has 358 valence electrons. The first-order valence-electron chi connectivity index (χ1n) is 26.6. The zero-order chi connectivity index (χ0) is 52.6. The van der Waals surface area contributed by atoms with Gasteiger partial charge in [0.05, 0.1) is 28.1 Å². The first-order chi connectivity index (χ1) is 35.7. The molecule has 1 aliphatic heterocycles. The molecule has 11 rings (SSSR count). The summed E-state index contributed by atoms with van der Waals surface area (Å²) in [6.45, 7) is 18.4. The topological polar surface area (TPSA) is 33.5 Å². The van der Waals surface area contributed by atoms with Crippen LogP contribution in [0.2, 0.25) is 0 Å². The van der Waals surface area contributed by atoms with Gasteiger partial charge < -0.3 is 14.5 Å². The fourth-order valence-corrected chi connectivity index (χ4v) is 10.3. The molecule has 5 nitrogen and oxygen atoms in total. The fourth-order valence-electron chi connectivity index (χ4n) is 10.3. The van der Waals surface area contributed by atoms with Gasteiger partial charge in [-0.3, -0.25) is 4.57 Å². The van der Waals surface area contributed by atoms with Crippen molar-refractivity contribution in [3.8, 4) is 50.7 Å². The standard InChI is InChI=1S/C67H64N4O/c1-44-36-63(68-42-58(44)46-22-15-12-16-23-46)71-59-35-32-49(66(5,6)7)39-57(59)56-34-33-52(41-62(56)71)72-53-38-50(67(8,9)10)37-51(40-53)69-43-70(61-27-18-17-26-60(61)69)64-54(45-20-13-11-14-21-45)24-19-25-55(64)47-28-30-48(31-29-47)65(2,3)4/h11-42H,43H2,1-10H3/i1D3. The van der Waals surface area contributed by atoms with Crippen LogP contribution in [0.1, 0.15) is 88.7 Å². The molecule has 0 saturated heterocycles. The molecule has 2 aromatic heterocycles. The van der Waals surface area contributed by atoms with Gasteiger partial charge in [0.15, 0.2) is 0 Å². The second-order valence-electron chi connectivity index (χ2n) is 22.4. The molecule has 5 heteroatoms. The minimum absolute atomic E-state index is 0.0374. The molecule has 1 aliphatic rings. The molecule has 0 bridgehead atoms. The van der Waals surface area contributed by atoms with Crippen molar-refractivity contribution in [2.24, 2.45) is 0 Å². The van der Waals surface area contributed by atoms with Crippen molar-refractivity contribution in [3.05, 3.63) is 217 Å². The Labute approximate surface area is 430 Å². The molecule has 0 N–H and O–H groups in total. The quantitative estimate of drug-likeness (QED) is 0.152. The molecular weight excluding hydrogens is 877 g/mol. The van der Waals surface area contributed by atoms with E-state index in [-0.39, 0.29) is 21.8 Å². The Morgan fingerprint density at radius 1 is 0.458 bits per heavy atom. The summed E-state index contributed by atoms with van der Waals surface area (Å²) >= 11 is 0. The number of aryl methyl sites for hydroxylation is 1. The lowest BCUT2D eigenvalue weighted by atomic mass is 9.86. The molecular formula is C67H64N4O. The third-order valence-corrected chi connectivity index (χ3v) is 14.3. The average Bonchev–Trinajstić information content (AvgIpc) is 3.95. The summed E-state index contributed by atoms with van der Waals surface area (Å²) in [4.78, 5) is 9.90. The Morgan fingerprint density at radius 2 is 1.06 bits per heavy atom. The van der Waals surface area contributed by atoms with Crippen molar-refractivity contribution in [3.63, 3.8) is 0 Å². The Hall–Kier alpha value is -7.89. The van der Waals surface area contributed by atoms with Gasteiger partial charge in [0, 0.05) is 55.6 Å². The van der Waals surface area contributed by atoms with Crippen molar-refractivity contribution in [2.45, 2.75) is 85.4 Å². The SMILES string of the molecule is [2H]C([2H])([2H])c1cc(-n2c3ccc(C(C)(C)C)cc3c3ccc(Oc4cc(N5CN(c6c(-c7ccccc7)cccc6-c6ccc(C(C)(C)C)cc6)c6ccccc65)cc(C(C)(C)C)c4)cc32)ncc1-c1ccccc1. The summed E-state index contributed by atoms with van der Waals surface area (Å²) in [7, 11) is 0. The van der Waals surface area contributed by atoms with Crippen molar-refractivity contribution in [2.75, 3.05) is 16.5 Å². The summed E-state index contributed by atoms with van der Waals surface area (Å²) in [5, 5.41) is 2.08. The van der Waals surface area contributed by atoms with Gasteiger partial charge in [0.2, 0.25) is 0 Å². The Balaban J connectivity index is 1.03. The van der Waals surface area contributed by atoms with Crippen molar-refractivity contribution in [1.29, 1.82) is 0 Å². The first-order valence-corrected chi connectivity index (χ1v) is 25.1. The number of nitrogens with zero attached hydrogens (tertiary/aromatic N) is 4. The number of hydrogen-bond donors (Lipinski definition) is 0.